The van der Waals surface area contributed by atoms with Gasteiger partial charge in [0.05, 0.1) is 6.54 Å². The van der Waals surface area contributed by atoms with Crippen LogP contribution in [0.25, 0.3) is 0 Å². The number of nitrogens with one attached hydrogen (secondary N) is 2. The first kappa shape index (κ1) is 18.1. The van der Waals surface area contributed by atoms with Crippen molar-refractivity contribution < 1.29 is 23.1 Å². The minimum absolute atomic E-state index is 0.123. The molecule has 1 aromatic heterocycles. The van der Waals surface area contributed by atoms with E-state index in [-0.39, 0.29) is 23.8 Å². The van der Waals surface area contributed by atoms with Gasteiger partial charge >= 0.3 is 6.09 Å². The smallest absolute Gasteiger partial charge is 0.404 e. The van der Waals surface area contributed by atoms with E-state index in [9.17, 15) is 18.0 Å². The third-order valence-corrected chi connectivity index (χ3v) is 4.10. The summed E-state index contributed by atoms with van der Waals surface area (Å²) in [6.45, 7) is 0.0715. The van der Waals surface area contributed by atoms with E-state index in [0.717, 1.165) is 0 Å². The van der Waals surface area contributed by atoms with Gasteiger partial charge in [0.1, 0.15) is 5.78 Å². The lowest BCUT2D eigenvalue weighted by molar-refractivity contribution is -0.118. The number of hydrogen-bond donors (Lipinski definition) is 3. The van der Waals surface area contributed by atoms with Crippen molar-refractivity contribution in [2.45, 2.75) is 30.7 Å². The zero-order chi connectivity index (χ0) is 16.4. The molecule has 0 atom stereocenters. The first-order chi connectivity index (χ1) is 10.4. The van der Waals surface area contributed by atoms with Gasteiger partial charge in [-0.3, -0.25) is 4.79 Å². The predicted molar refractivity (Wildman–Crippen MR) is 78.9 cm³/mol. The lowest BCUT2D eigenvalue weighted by Gasteiger charge is -2.05. The van der Waals surface area contributed by atoms with E-state index < -0.39 is 16.1 Å². The van der Waals surface area contributed by atoms with Crippen LogP contribution in [0.3, 0.4) is 0 Å². The van der Waals surface area contributed by atoms with Gasteiger partial charge in [-0.2, -0.15) is 0 Å². The molecule has 0 radical (unpaired) electrons. The molecule has 1 heterocycles. The Morgan fingerprint density at radius 2 is 1.95 bits per heavy atom. The molecule has 0 fully saturated rings. The van der Waals surface area contributed by atoms with Crippen molar-refractivity contribution in [3.8, 4) is 0 Å². The van der Waals surface area contributed by atoms with Crippen LogP contribution in [0.15, 0.2) is 29.4 Å². The topological polar surface area (TPSA) is 125 Å². The highest BCUT2D eigenvalue weighted by Crippen LogP contribution is 2.04. The summed E-state index contributed by atoms with van der Waals surface area (Å²) in [6.07, 6.45) is 2.46. The van der Waals surface area contributed by atoms with Crippen LogP contribution < -0.4 is 10.0 Å². The van der Waals surface area contributed by atoms with Crippen LogP contribution in [0.1, 0.15) is 25.7 Å². The first-order valence-corrected chi connectivity index (χ1v) is 8.29. The van der Waals surface area contributed by atoms with Gasteiger partial charge in [0.25, 0.3) is 10.0 Å². The van der Waals surface area contributed by atoms with Gasteiger partial charge in [0.2, 0.25) is 0 Å². The van der Waals surface area contributed by atoms with Gasteiger partial charge in [-0.25, -0.2) is 22.9 Å². The van der Waals surface area contributed by atoms with E-state index in [0.29, 0.717) is 25.8 Å². The minimum Gasteiger partial charge on any atom is -0.465 e. The number of sulfonamides is 1. The Bertz CT molecular complexity index is 589. The molecule has 3 N–H and O–H groups in total. The van der Waals surface area contributed by atoms with Gasteiger partial charge in [-0.1, -0.05) is 12.5 Å². The largest absolute Gasteiger partial charge is 0.465 e. The average Bonchev–Trinajstić information content (AvgIpc) is 2.49. The van der Waals surface area contributed by atoms with E-state index in [1.165, 1.54) is 12.3 Å². The molecule has 0 aliphatic rings. The highest BCUT2D eigenvalue weighted by molar-refractivity contribution is 7.89. The van der Waals surface area contributed by atoms with Gasteiger partial charge < -0.3 is 10.4 Å². The second-order valence-corrected chi connectivity index (χ2v) is 6.29. The van der Waals surface area contributed by atoms with Gasteiger partial charge in [-0.15, -0.1) is 0 Å². The van der Waals surface area contributed by atoms with Gasteiger partial charge in [0.15, 0.2) is 5.03 Å². The van der Waals surface area contributed by atoms with E-state index in [2.05, 4.69) is 15.0 Å². The quantitative estimate of drug-likeness (QED) is 0.544. The number of carboxylic acid groups (broad SMARTS) is 1. The fourth-order valence-electron chi connectivity index (χ4n) is 1.66. The van der Waals surface area contributed by atoms with Crippen LogP contribution in [0.4, 0.5) is 4.79 Å². The summed E-state index contributed by atoms with van der Waals surface area (Å²) in [7, 11) is -3.76. The summed E-state index contributed by atoms with van der Waals surface area (Å²) in [5.74, 6) is -0.217. The predicted octanol–water partition coefficient (Wildman–Crippen LogP) is 0.757. The van der Waals surface area contributed by atoms with Crippen molar-refractivity contribution in [2.75, 3.05) is 13.1 Å². The molecule has 122 valence electrons. The van der Waals surface area contributed by atoms with Crippen molar-refractivity contribution in [3.63, 3.8) is 0 Å². The number of pyridine rings is 1. The Morgan fingerprint density at radius 1 is 1.18 bits per heavy atom. The first-order valence-electron chi connectivity index (χ1n) is 6.81. The van der Waals surface area contributed by atoms with Crippen molar-refractivity contribution in [3.05, 3.63) is 24.4 Å². The minimum atomic E-state index is -3.76. The monoisotopic (exact) mass is 329 g/mol. The van der Waals surface area contributed by atoms with Crippen LogP contribution in [0.5, 0.6) is 0 Å². The number of nitrogens with zero attached hydrogens (tertiary/aromatic N) is 1. The number of aromatic nitrogens is 1. The molecule has 0 saturated heterocycles. The third-order valence-electron chi connectivity index (χ3n) is 2.78. The van der Waals surface area contributed by atoms with Crippen LogP contribution in [0, 0.1) is 0 Å². The summed E-state index contributed by atoms with van der Waals surface area (Å²) in [5.41, 5.74) is 0. The molecule has 8 nitrogen and oxygen atoms in total. The maximum absolute atomic E-state index is 11.8. The van der Waals surface area contributed by atoms with Crippen LogP contribution >= 0.6 is 0 Å². The number of Topliss-reactive ketones (excluding diaryl/α,β-unsaturated/α-hetero) is 1. The molecule has 22 heavy (non-hydrogen) atoms. The highest BCUT2D eigenvalue weighted by atomic mass is 32.2. The van der Waals surface area contributed by atoms with Crippen molar-refractivity contribution in [1.82, 2.24) is 15.0 Å². The fraction of sp³-hybridized carbons (Fsp3) is 0.462. The van der Waals surface area contributed by atoms with E-state index in [1.807, 2.05) is 0 Å². The molecular weight excluding hydrogens is 310 g/mol. The number of ketones is 1. The van der Waals surface area contributed by atoms with Crippen molar-refractivity contribution >= 4 is 21.9 Å². The van der Waals surface area contributed by atoms with Gasteiger partial charge in [0, 0.05) is 19.2 Å². The molecule has 0 aliphatic heterocycles. The summed E-state index contributed by atoms with van der Waals surface area (Å²) < 4.78 is 25.9. The highest BCUT2D eigenvalue weighted by Gasteiger charge is 2.16. The summed E-state index contributed by atoms with van der Waals surface area (Å²) in [6, 6.07) is 4.50. The maximum atomic E-state index is 11.8. The molecular formula is C13H19N3O5S. The summed E-state index contributed by atoms with van der Waals surface area (Å²) >= 11 is 0. The molecule has 0 spiro atoms. The summed E-state index contributed by atoms with van der Waals surface area (Å²) in [5, 5.41) is 10.5. The standard InChI is InChI=1S/C13H19N3O5S/c17-11(6-2-1-4-9-15-13(18)19)10-16-22(20,21)12-7-3-5-8-14-12/h3,5,7-8,15-16H,1-2,4,6,9-10H2,(H,18,19). The Kier molecular flexibility index (Phi) is 7.47. The van der Waals surface area contributed by atoms with E-state index in [1.54, 1.807) is 12.1 Å². The lowest BCUT2D eigenvalue weighted by Crippen LogP contribution is -2.30. The number of amides is 1. The fourth-order valence-corrected chi connectivity index (χ4v) is 2.62. The van der Waals surface area contributed by atoms with E-state index >= 15 is 0 Å². The molecule has 1 aromatic rings. The summed E-state index contributed by atoms with van der Waals surface area (Å²) in [4.78, 5) is 25.5. The SMILES string of the molecule is O=C(CCCCCNC(=O)O)CNS(=O)(=O)c1ccccn1. The molecule has 9 heteroatoms. The molecule has 1 amide bonds. The molecule has 0 saturated carbocycles. The van der Waals surface area contributed by atoms with Crippen LogP contribution in [0.2, 0.25) is 0 Å². The van der Waals surface area contributed by atoms with Crippen LogP contribution in [-0.2, 0) is 14.8 Å². The maximum Gasteiger partial charge on any atom is 0.404 e. The van der Waals surface area contributed by atoms with Crippen LogP contribution in [-0.4, -0.2) is 43.5 Å². The number of carbonyl (C=O) groups is 2. The Labute approximate surface area is 129 Å². The number of unbranched alkanes of at least 4 members (excludes halogenated alkanes) is 2. The Morgan fingerprint density at radius 3 is 2.59 bits per heavy atom. The zero-order valence-electron chi connectivity index (χ0n) is 12.0. The normalized spacial score (nSPS) is 11.1. The second-order valence-electron chi connectivity index (χ2n) is 4.57. The van der Waals surface area contributed by atoms with Crippen molar-refractivity contribution in [2.24, 2.45) is 0 Å². The number of hydrogen-bond acceptors (Lipinski definition) is 5. The number of carbonyl (C=O) groups excluding carboxylic acids is 1. The van der Waals surface area contributed by atoms with E-state index in [4.69, 9.17) is 5.11 Å². The molecule has 0 aromatic carbocycles. The lowest BCUT2D eigenvalue weighted by atomic mass is 10.1. The number of rotatable bonds is 10. The molecule has 0 bridgehead atoms. The third kappa shape index (κ3) is 7.14. The Hall–Kier alpha value is -2.00. The average molecular weight is 329 g/mol. The Balaban J connectivity index is 2.22. The second kappa shape index (κ2) is 9.11. The molecule has 1 rings (SSSR count). The molecule has 0 unspecified atom stereocenters. The molecule has 0 aliphatic carbocycles. The van der Waals surface area contributed by atoms with Gasteiger partial charge in [-0.05, 0) is 25.0 Å². The zero-order valence-corrected chi connectivity index (χ0v) is 12.8. The van der Waals surface area contributed by atoms with Crippen molar-refractivity contribution in [1.29, 1.82) is 0 Å².